The molecule has 4 atom stereocenters. The smallest absolute Gasteiger partial charge is 0.312 e. The molecule has 0 spiro atoms. The number of hydrogen-bond donors (Lipinski definition) is 0. The van der Waals surface area contributed by atoms with E-state index < -0.39 is 0 Å². The van der Waals surface area contributed by atoms with Gasteiger partial charge in [-0.3, -0.25) is 4.79 Å². The summed E-state index contributed by atoms with van der Waals surface area (Å²) in [5, 5.41) is 0. The second-order valence-electron chi connectivity index (χ2n) is 5.95. The molecule has 1 heterocycles. The molecule has 3 aliphatic rings. The Balaban J connectivity index is 1.68. The second-order valence-corrected chi connectivity index (χ2v) is 5.95. The SMILES string of the molecule is CCCCOC1CC2CCC3(C1)C(=O)OCC23. The Morgan fingerprint density at radius 2 is 2.41 bits per heavy atom. The van der Waals surface area contributed by atoms with Crippen LogP contribution in [0.3, 0.4) is 0 Å². The van der Waals surface area contributed by atoms with E-state index in [0.717, 1.165) is 32.3 Å². The Bertz CT molecular complexity index is 315. The molecule has 17 heavy (non-hydrogen) atoms. The van der Waals surface area contributed by atoms with Crippen molar-refractivity contribution >= 4 is 5.97 Å². The van der Waals surface area contributed by atoms with Gasteiger partial charge in [0.15, 0.2) is 0 Å². The molecule has 3 rings (SSSR count). The van der Waals surface area contributed by atoms with E-state index in [1.807, 2.05) is 0 Å². The Hall–Kier alpha value is -0.570. The molecule has 0 amide bonds. The van der Waals surface area contributed by atoms with Crippen LogP contribution in [-0.2, 0) is 14.3 Å². The van der Waals surface area contributed by atoms with Crippen LogP contribution >= 0.6 is 0 Å². The molecule has 0 N–H and O–H groups in total. The molecule has 0 aromatic carbocycles. The molecule has 0 aromatic heterocycles. The minimum atomic E-state index is -0.153. The number of esters is 1. The largest absolute Gasteiger partial charge is 0.465 e. The Morgan fingerprint density at radius 1 is 1.53 bits per heavy atom. The van der Waals surface area contributed by atoms with Gasteiger partial charge in [0.25, 0.3) is 0 Å². The van der Waals surface area contributed by atoms with Crippen LogP contribution in [0.2, 0.25) is 0 Å². The highest BCUT2D eigenvalue weighted by Gasteiger charge is 2.62. The van der Waals surface area contributed by atoms with E-state index in [4.69, 9.17) is 9.47 Å². The molecule has 1 saturated heterocycles. The van der Waals surface area contributed by atoms with Crippen molar-refractivity contribution in [1.29, 1.82) is 0 Å². The first-order valence-electron chi connectivity index (χ1n) is 7.05. The van der Waals surface area contributed by atoms with Gasteiger partial charge in [-0.25, -0.2) is 0 Å². The molecule has 2 bridgehead atoms. The van der Waals surface area contributed by atoms with E-state index in [1.54, 1.807) is 0 Å². The van der Waals surface area contributed by atoms with Crippen molar-refractivity contribution in [1.82, 2.24) is 0 Å². The molecule has 2 saturated carbocycles. The van der Waals surface area contributed by atoms with Gasteiger partial charge in [-0.05, 0) is 38.0 Å². The quantitative estimate of drug-likeness (QED) is 0.557. The second kappa shape index (κ2) is 4.27. The van der Waals surface area contributed by atoms with Crippen molar-refractivity contribution in [3.63, 3.8) is 0 Å². The third-order valence-electron chi connectivity index (χ3n) is 5.05. The Morgan fingerprint density at radius 3 is 3.24 bits per heavy atom. The third kappa shape index (κ3) is 1.70. The zero-order valence-corrected chi connectivity index (χ0v) is 10.6. The summed E-state index contributed by atoms with van der Waals surface area (Å²) >= 11 is 0. The molecule has 0 aromatic rings. The average molecular weight is 238 g/mol. The maximum Gasteiger partial charge on any atom is 0.312 e. The van der Waals surface area contributed by atoms with Gasteiger partial charge in [0.2, 0.25) is 0 Å². The summed E-state index contributed by atoms with van der Waals surface area (Å²) in [4.78, 5) is 12.0. The van der Waals surface area contributed by atoms with Crippen molar-refractivity contribution in [3.8, 4) is 0 Å². The minimum Gasteiger partial charge on any atom is -0.465 e. The average Bonchev–Trinajstić information content (AvgIpc) is 2.74. The lowest BCUT2D eigenvalue weighted by molar-refractivity contribution is -0.149. The van der Waals surface area contributed by atoms with Crippen LogP contribution in [0.15, 0.2) is 0 Å². The van der Waals surface area contributed by atoms with E-state index in [2.05, 4.69) is 6.92 Å². The van der Waals surface area contributed by atoms with E-state index in [-0.39, 0.29) is 11.4 Å². The fraction of sp³-hybridized carbons (Fsp3) is 0.929. The standard InChI is InChI=1S/C14H22O3/c1-2-3-6-16-11-7-10-4-5-14(8-11)12(10)9-17-13(14)15/h10-12H,2-9H2,1H3. The highest BCUT2D eigenvalue weighted by atomic mass is 16.5. The van der Waals surface area contributed by atoms with Crippen LogP contribution in [0, 0.1) is 17.3 Å². The lowest BCUT2D eigenvalue weighted by atomic mass is 9.68. The topological polar surface area (TPSA) is 35.5 Å². The van der Waals surface area contributed by atoms with Gasteiger partial charge in [0.05, 0.1) is 18.1 Å². The van der Waals surface area contributed by atoms with Crippen molar-refractivity contribution < 1.29 is 14.3 Å². The number of carbonyl (C=O) groups is 1. The number of hydrogen-bond acceptors (Lipinski definition) is 3. The zero-order valence-electron chi connectivity index (χ0n) is 10.6. The number of unbranched alkanes of at least 4 members (excludes halogenated alkanes) is 1. The summed E-state index contributed by atoms with van der Waals surface area (Å²) < 4.78 is 11.3. The van der Waals surface area contributed by atoms with Crippen molar-refractivity contribution in [3.05, 3.63) is 0 Å². The molecule has 4 unspecified atom stereocenters. The van der Waals surface area contributed by atoms with Gasteiger partial charge >= 0.3 is 5.97 Å². The summed E-state index contributed by atoms with van der Waals surface area (Å²) in [6.07, 6.45) is 6.90. The van der Waals surface area contributed by atoms with Gasteiger partial charge in [0.1, 0.15) is 0 Å². The summed E-state index contributed by atoms with van der Waals surface area (Å²) in [5.41, 5.74) is -0.153. The molecular formula is C14H22O3. The first-order chi connectivity index (χ1) is 8.26. The maximum atomic E-state index is 12.0. The van der Waals surface area contributed by atoms with Gasteiger partial charge in [-0.15, -0.1) is 0 Å². The fourth-order valence-electron chi connectivity index (χ4n) is 4.11. The summed E-state index contributed by atoms with van der Waals surface area (Å²) in [5.74, 6) is 1.23. The lowest BCUT2D eigenvalue weighted by Crippen LogP contribution is -2.40. The molecule has 3 heteroatoms. The normalized spacial score (nSPS) is 43.6. The summed E-state index contributed by atoms with van der Waals surface area (Å²) in [6.45, 7) is 3.70. The van der Waals surface area contributed by atoms with Gasteiger partial charge in [-0.2, -0.15) is 0 Å². The first-order valence-corrected chi connectivity index (χ1v) is 7.05. The first kappa shape index (κ1) is 11.5. The van der Waals surface area contributed by atoms with Crippen LogP contribution in [0.25, 0.3) is 0 Å². The lowest BCUT2D eigenvalue weighted by Gasteiger charge is -2.36. The highest BCUT2D eigenvalue weighted by molar-refractivity contribution is 5.80. The van der Waals surface area contributed by atoms with Gasteiger partial charge in [-0.1, -0.05) is 13.3 Å². The molecule has 3 nitrogen and oxygen atoms in total. The molecule has 0 radical (unpaired) electrons. The Kier molecular flexibility index (Phi) is 2.89. The maximum absolute atomic E-state index is 12.0. The van der Waals surface area contributed by atoms with Crippen molar-refractivity contribution in [2.24, 2.45) is 17.3 Å². The van der Waals surface area contributed by atoms with Crippen molar-refractivity contribution in [2.75, 3.05) is 13.2 Å². The number of cyclic esters (lactones) is 1. The number of rotatable bonds is 4. The zero-order chi connectivity index (χ0) is 11.9. The van der Waals surface area contributed by atoms with E-state index in [9.17, 15) is 4.79 Å². The van der Waals surface area contributed by atoms with E-state index >= 15 is 0 Å². The van der Waals surface area contributed by atoms with Gasteiger partial charge < -0.3 is 9.47 Å². The molecular weight excluding hydrogens is 216 g/mol. The molecule has 2 aliphatic carbocycles. The Labute approximate surface area is 103 Å². The summed E-state index contributed by atoms with van der Waals surface area (Å²) in [6, 6.07) is 0. The fourth-order valence-corrected chi connectivity index (χ4v) is 4.11. The third-order valence-corrected chi connectivity index (χ3v) is 5.05. The van der Waals surface area contributed by atoms with Crippen LogP contribution in [0.4, 0.5) is 0 Å². The molecule has 3 fully saturated rings. The predicted octanol–water partition coefficient (Wildman–Crippen LogP) is 2.53. The monoisotopic (exact) mass is 238 g/mol. The number of carbonyl (C=O) groups excluding carboxylic acids is 1. The van der Waals surface area contributed by atoms with Crippen LogP contribution in [0.1, 0.15) is 45.4 Å². The minimum absolute atomic E-state index is 0.0637. The van der Waals surface area contributed by atoms with Crippen LogP contribution in [0.5, 0.6) is 0 Å². The van der Waals surface area contributed by atoms with Crippen LogP contribution in [-0.4, -0.2) is 25.3 Å². The highest BCUT2D eigenvalue weighted by Crippen LogP contribution is 2.59. The van der Waals surface area contributed by atoms with Crippen molar-refractivity contribution in [2.45, 2.75) is 51.6 Å². The molecule has 96 valence electrons. The van der Waals surface area contributed by atoms with E-state index in [1.165, 1.54) is 12.8 Å². The van der Waals surface area contributed by atoms with E-state index in [0.29, 0.717) is 24.5 Å². The molecule has 1 aliphatic heterocycles. The predicted molar refractivity (Wildman–Crippen MR) is 63.5 cm³/mol. The van der Waals surface area contributed by atoms with Gasteiger partial charge in [0, 0.05) is 12.5 Å². The number of ether oxygens (including phenoxy) is 2. The van der Waals surface area contributed by atoms with Crippen LogP contribution < -0.4 is 0 Å². The summed E-state index contributed by atoms with van der Waals surface area (Å²) in [7, 11) is 0.